The molecule has 5 nitrogen and oxygen atoms in total. The van der Waals surface area contributed by atoms with Crippen LogP contribution in [0.4, 0.5) is 17.6 Å². The van der Waals surface area contributed by atoms with Crippen molar-refractivity contribution < 1.29 is 37.1 Å². The highest BCUT2D eigenvalue weighted by molar-refractivity contribution is 6.01. The van der Waals surface area contributed by atoms with Crippen LogP contribution >= 0.6 is 0 Å². The van der Waals surface area contributed by atoms with E-state index < -0.39 is 35.6 Å². The van der Waals surface area contributed by atoms with E-state index in [0.29, 0.717) is 36.8 Å². The van der Waals surface area contributed by atoms with E-state index in [1.807, 2.05) is 30.3 Å². The molecule has 0 aliphatic carbocycles. The number of Topliss-reactive ketones (excluding diaryl/α,β-unsaturated/α-hetero) is 2. The molecular formula is C40H39F4NO4. The quantitative estimate of drug-likeness (QED) is 0.114. The van der Waals surface area contributed by atoms with Crippen LogP contribution in [0.15, 0.2) is 103 Å². The van der Waals surface area contributed by atoms with E-state index in [2.05, 4.69) is 0 Å². The number of amides is 1. The van der Waals surface area contributed by atoms with Crippen molar-refractivity contribution in [3.8, 4) is 0 Å². The number of aryl methyl sites for hydroxylation is 1. The van der Waals surface area contributed by atoms with Crippen LogP contribution in [-0.4, -0.2) is 40.1 Å². The molecule has 1 fully saturated rings. The van der Waals surface area contributed by atoms with E-state index in [-0.39, 0.29) is 48.3 Å². The lowest BCUT2D eigenvalue weighted by molar-refractivity contribution is -0.137. The van der Waals surface area contributed by atoms with Crippen molar-refractivity contribution in [1.29, 1.82) is 0 Å². The summed E-state index contributed by atoms with van der Waals surface area (Å²) in [5, 5.41) is 11.3. The average molecular weight is 674 g/mol. The molecule has 1 aliphatic rings. The van der Waals surface area contributed by atoms with Crippen LogP contribution in [0.25, 0.3) is 0 Å². The van der Waals surface area contributed by atoms with Crippen LogP contribution in [0.1, 0.15) is 81.6 Å². The fraction of sp³-hybridized carbons (Fsp3) is 0.325. The number of likely N-dealkylation sites (tertiary alicyclic amines) is 1. The minimum absolute atomic E-state index is 0.00834. The van der Waals surface area contributed by atoms with Crippen LogP contribution in [0.5, 0.6) is 0 Å². The van der Waals surface area contributed by atoms with Gasteiger partial charge in [-0.3, -0.25) is 14.4 Å². The van der Waals surface area contributed by atoms with Gasteiger partial charge in [-0.2, -0.15) is 13.2 Å². The number of ketones is 2. The lowest BCUT2D eigenvalue weighted by atomic mass is 9.85. The highest BCUT2D eigenvalue weighted by atomic mass is 19.4. The molecule has 49 heavy (non-hydrogen) atoms. The Kier molecular flexibility index (Phi) is 11.4. The zero-order valence-electron chi connectivity index (χ0n) is 27.2. The van der Waals surface area contributed by atoms with Crippen molar-refractivity contribution in [3.63, 3.8) is 0 Å². The zero-order valence-corrected chi connectivity index (χ0v) is 27.2. The van der Waals surface area contributed by atoms with Crippen molar-refractivity contribution in [2.24, 2.45) is 11.8 Å². The summed E-state index contributed by atoms with van der Waals surface area (Å²) in [7, 11) is 0. The molecule has 2 unspecified atom stereocenters. The molecule has 4 aromatic carbocycles. The number of carbonyl (C=O) groups excluding carboxylic acids is 3. The van der Waals surface area contributed by atoms with E-state index in [9.17, 15) is 37.1 Å². The third-order valence-electron chi connectivity index (χ3n) is 9.38. The van der Waals surface area contributed by atoms with Crippen LogP contribution in [0.3, 0.4) is 0 Å². The van der Waals surface area contributed by atoms with E-state index >= 15 is 0 Å². The van der Waals surface area contributed by atoms with Crippen molar-refractivity contribution in [3.05, 3.63) is 142 Å². The molecule has 0 aromatic heterocycles. The minimum Gasteiger partial charge on any atom is -0.393 e. The van der Waals surface area contributed by atoms with Crippen molar-refractivity contribution in [1.82, 2.24) is 4.90 Å². The summed E-state index contributed by atoms with van der Waals surface area (Å²) >= 11 is 0. The molecule has 5 rings (SSSR count). The standard InChI is InChI=1S/C40H39F4NO4/c1-26(46)33-23-36(29-16-18-35(41)19-17-29)45(25-33)39(49)31-13-7-12-30(22-31)38(48)24-32(20-27-8-3-2-4-9-27)37(47)15-6-11-28-10-5-14-34(21-28)40(42,43)44/h2-5,7-10,12-14,16-19,21-22,32-33,36-37,47H,6,11,15,20,23-25H2,1H3/t32-,33?,36?,37-/m1/s1. The Morgan fingerprint density at radius 3 is 2.22 bits per heavy atom. The lowest BCUT2D eigenvalue weighted by Crippen LogP contribution is -2.32. The van der Waals surface area contributed by atoms with Crippen LogP contribution in [0, 0.1) is 17.7 Å². The van der Waals surface area contributed by atoms with Crippen molar-refractivity contribution in [2.75, 3.05) is 6.54 Å². The molecule has 9 heteroatoms. The Labute approximate surface area is 283 Å². The van der Waals surface area contributed by atoms with E-state index in [1.165, 1.54) is 31.2 Å². The first-order valence-electron chi connectivity index (χ1n) is 16.5. The first kappa shape index (κ1) is 35.7. The van der Waals surface area contributed by atoms with Gasteiger partial charge in [0.05, 0.1) is 17.7 Å². The molecule has 0 bridgehead atoms. The number of rotatable bonds is 13. The van der Waals surface area contributed by atoms with Crippen LogP contribution in [0.2, 0.25) is 0 Å². The molecule has 0 saturated carbocycles. The Hall–Kier alpha value is -4.63. The monoisotopic (exact) mass is 673 g/mol. The van der Waals surface area contributed by atoms with Gasteiger partial charge in [-0.05, 0) is 92.0 Å². The maximum absolute atomic E-state index is 13.9. The van der Waals surface area contributed by atoms with Gasteiger partial charge in [0.1, 0.15) is 11.6 Å². The number of hydrogen-bond acceptors (Lipinski definition) is 4. The van der Waals surface area contributed by atoms with Gasteiger partial charge in [0.2, 0.25) is 0 Å². The predicted octanol–water partition coefficient (Wildman–Crippen LogP) is 8.45. The molecule has 256 valence electrons. The SMILES string of the molecule is CC(=O)C1CC(c2ccc(F)cc2)N(C(=O)c2cccc(C(=O)C[C@@H](Cc3ccccc3)[C@H](O)CCCc3cccc(C(F)(F)F)c3)c2)C1. The summed E-state index contributed by atoms with van der Waals surface area (Å²) in [6.45, 7) is 1.70. The molecule has 1 saturated heterocycles. The van der Waals surface area contributed by atoms with Gasteiger partial charge in [-0.25, -0.2) is 4.39 Å². The van der Waals surface area contributed by atoms with Gasteiger partial charge in [0, 0.05) is 30.0 Å². The maximum Gasteiger partial charge on any atom is 0.416 e. The Morgan fingerprint density at radius 1 is 0.857 bits per heavy atom. The predicted molar refractivity (Wildman–Crippen MR) is 178 cm³/mol. The number of carbonyl (C=O) groups is 3. The van der Waals surface area contributed by atoms with Gasteiger partial charge in [0.25, 0.3) is 5.91 Å². The number of nitrogens with zero attached hydrogens (tertiary/aromatic N) is 1. The number of aliphatic hydroxyl groups is 1. The largest absolute Gasteiger partial charge is 0.416 e. The molecule has 4 atom stereocenters. The normalized spacial score (nSPS) is 17.5. The third-order valence-corrected chi connectivity index (χ3v) is 9.38. The summed E-state index contributed by atoms with van der Waals surface area (Å²) in [5.74, 6) is -1.88. The van der Waals surface area contributed by atoms with Gasteiger partial charge < -0.3 is 10.0 Å². The van der Waals surface area contributed by atoms with Gasteiger partial charge >= 0.3 is 6.18 Å². The average Bonchev–Trinajstić information content (AvgIpc) is 3.54. The smallest absolute Gasteiger partial charge is 0.393 e. The summed E-state index contributed by atoms with van der Waals surface area (Å²) in [5.41, 5.74) is 2.05. The third kappa shape index (κ3) is 9.29. The van der Waals surface area contributed by atoms with Crippen molar-refractivity contribution >= 4 is 17.5 Å². The first-order valence-corrected chi connectivity index (χ1v) is 16.5. The molecule has 1 heterocycles. The Morgan fingerprint density at radius 2 is 1.53 bits per heavy atom. The van der Waals surface area contributed by atoms with Crippen molar-refractivity contribution in [2.45, 2.75) is 63.8 Å². The highest BCUT2D eigenvalue weighted by Gasteiger charge is 2.38. The van der Waals surface area contributed by atoms with E-state index in [0.717, 1.165) is 23.3 Å². The maximum atomic E-state index is 13.9. The lowest BCUT2D eigenvalue weighted by Gasteiger charge is -2.25. The summed E-state index contributed by atoms with van der Waals surface area (Å²) < 4.78 is 53.1. The van der Waals surface area contributed by atoms with Crippen LogP contribution < -0.4 is 0 Å². The second-order valence-corrected chi connectivity index (χ2v) is 12.9. The minimum atomic E-state index is -4.44. The van der Waals surface area contributed by atoms with Gasteiger partial charge in [-0.1, -0.05) is 72.8 Å². The number of alkyl halides is 3. The summed E-state index contributed by atoms with van der Waals surface area (Å²) in [4.78, 5) is 41.5. The molecule has 1 aliphatic heterocycles. The molecule has 1 amide bonds. The fourth-order valence-electron chi connectivity index (χ4n) is 6.62. The zero-order chi connectivity index (χ0) is 35.1. The molecule has 0 spiro atoms. The Balaban J connectivity index is 1.30. The summed E-state index contributed by atoms with van der Waals surface area (Å²) in [6.07, 6.45) is -3.45. The number of aliphatic hydroxyl groups excluding tert-OH is 1. The summed E-state index contributed by atoms with van der Waals surface area (Å²) in [6, 6.07) is 26.4. The Bertz CT molecular complexity index is 1760. The molecular weight excluding hydrogens is 634 g/mol. The number of halogens is 4. The topological polar surface area (TPSA) is 74.7 Å². The van der Waals surface area contributed by atoms with E-state index in [1.54, 1.807) is 41.3 Å². The highest BCUT2D eigenvalue weighted by Crippen LogP contribution is 2.37. The fourth-order valence-corrected chi connectivity index (χ4v) is 6.62. The number of benzene rings is 4. The number of hydrogen-bond donors (Lipinski definition) is 1. The van der Waals surface area contributed by atoms with Gasteiger partial charge in [0.15, 0.2) is 5.78 Å². The molecule has 0 radical (unpaired) electrons. The first-order chi connectivity index (χ1) is 23.4. The molecule has 4 aromatic rings. The second-order valence-electron chi connectivity index (χ2n) is 12.9. The molecule has 1 N–H and O–H groups in total. The van der Waals surface area contributed by atoms with Crippen LogP contribution in [-0.2, 0) is 23.8 Å². The van der Waals surface area contributed by atoms with Gasteiger partial charge in [-0.15, -0.1) is 0 Å². The second kappa shape index (κ2) is 15.7. The van der Waals surface area contributed by atoms with E-state index in [4.69, 9.17) is 0 Å².